The van der Waals surface area contributed by atoms with Gasteiger partial charge >= 0.3 is 0 Å². The number of rotatable bonds is 4. The lowest BCUT2D eigenvalue weighted by atomic mass is 9.79. The maximum Gasteiger partial charge on any atom is 0.236 e. The normalized spacial score (nSPS) is 20.4. The van der Waals surface area contributed by atoms with Gasteiger partial charge in [-0.2, -0.15) is 11.8 Å². The molecule has 1 aliphatic rings. The van der Waals surface area contributed by atoms with Crippen LogP contribution in [-0.2, 0) is 4.79 Å². The molecule has 0 aliphatic carbocycles. The molecule has 110 valence electrons. The molecular weight excluding hydrogens is 262 g/mol. The standard InChI is InChI=1S/C13H25N3O2S/c1-5-13(6-2,10(14)15-18)11(17)16-7-8-19-12(3,4)9-16/h18H,5-9H2,1-4H3,(H2,14,15). The number of hydrogen-bond acceptors (Lipinski definition) is 4. The van der Waals surface area contributed by atoms with Crippen molar-refractivity contribution in [3.05, 3.63) is 0 Å². The zero-order chi connectivity index (χ0) is 14.7. The number of thioether (sulfide) groups is 1. The van der Waals surface area contributed by atoms with E-state index < -0.39 is 5.41 Å². The number of oxime groups is 1. The van der Waals surface area contributed by atoms with Crippen molar-refractivity contribution in [1.82, 2.24) is 4.90 Å². The van der Waals surface area contributed by atoms with Gasteiger partial charge in [-0.25, -0.2) is 0 Å². The van der Waals surface area contributed by atoms with E-state index >= 15 is 0 Å². The van der Waals surface area contributed by atoms with Gasteiger partial charge in [0.05, 0.1) is 0 Å². The fourth-order valence-corrected chi connectivity index (χ4v) is 3.72. The molecule has 0 aromatic carbocycles. The number of amides is 1. The van der Waals surface area contributed by atoms with E-state index in [0.717, 1.165) is 12.3 Å². The highest BCUT2D eigenvalue weighted by molar-refractivity contribution is 8.00. The first kappa shape index (κ1) is 16.1. The fraction of sp³-hybridized carbons (Fsp3) is 0.846. The van der Waals surface area contributed by atoms with Gasteiger partial charge in [-0.05, 0) is 26.7 Å². The average molecular weight is 287 g/mol. The summed E-state index contributed by atoms with van der Waals surface area (Å²) in [5, 5.41) is 12.1. The number of nitrogens with zero attached hydrogens (tertiary/aromatic N) is 2. The third-order valence-electron chi connectivity index (χ3n) is 3.93. The molecule has 0 unspecified atom stereocenters. The van der Waals surface area contributed by atoms with Crippen molar-refractivity contribution in [1.29, 1.82) is 0 Å². The molecular formula is C13H25N3O2S. The third-order valence-corrected chi connectivity index (χ3v) is 5.22. The van der Waals surface area contributed by atoms with Crippen molar-refractivity contribution in [2.75, 3.05) is 18.8 Å². The Bertz CT molecular complexity index is 365. The zero-order valence-corrected chi connectivity index (χ0v) is 13.1. The molecule has 5 nitrogen and oxygen atoms in total. The number of amidine groups is 1. The van der Waals surface area contributed by atoms with E-state index in [4.69, 9.17) is 10.9 Å². The number of carbonyl (C=O) groups excluding carboxylic acids is 1. The molecule has 0 radical (unpaired) electrons. The van der Waals surface area contributed by atoms with Crippen LogP contribution in [0.15, 0.2) is 5.16 Å². The Kier molecular flexibility index (Phi) is 5.12. The first-order valence-corrected chi connectivity index (χ1v) is 7.73. The first-order chi connectivity index (χ1) is 8.83. The molecule has 0 bridgehead atoms. The Morgan fingerprint density at radius 1 is 1.47 bits per heavy atom. The van der Waals surface area contributed by atoms with Crippen LogP contribution in [-0.4, -0.2) is 45.4 Å². The molecule has 0 aromatic heterocycles. The molecule has 19 heavy (non-hydrogen) atoms. The average Bonchev–Trinajstić information content (AvgIpc) is 2.39. The van der Waals surface area contributed by atoms with Gasteiger partial charge in [-0.3, -0.25) is 4.79 Å². The van der Waals surface area contributed by atoms with Crippen molar-refractivity contribution in [3.63, 3.8) is 0 Å². The Hall–Kier alpha value is -0.910. The van der Waals surface area contributed by atoms with Gasteiger partial charge in [-0.1, -0.05) is 19.0 Å². The van der Waals surface area contributed by atoms with E-state index in [2.05, 4.69) is 19.0 Å². The quantitative estimate of drug-likeness (QED) is 0.358. The lowest BCUT2D eigenvalue weighted by Gasteiger charge is -2.42. The summed E-state index contributed by atoms with van der Waals surface area (Å²) in [6.45, 7) is 9.53. The van der Waals surface area contributed by atoms with Crippen molar-refractivity contribution < 1.29 is 10.0 Å². The van der Waals surface area contributed by atoms with E-state index in [1.807, 2.05) is 30.5 Å². The lowest BCUT2D eigenvalue weighted by Crippen LogP contribution is -2.55. The van der Waals surface area contributed by atoms with E-state index in [-0.39, 0.29) is 16.5 Å². The highest BCUT2D eigenvalue weighted by atomic mass is 32.2. The van der Waals surface area contributed by atoms with Crippen LogP contribution >= 0.6 is 11.8 Å². The topological polar surface area (TPSA) is 78.9 Å². The molecule has 1 amide bonds. The van der Waals surface area contributed by atoms with Gasteiger partial charge < -0.3 is 15.8 Å². The van der Waals surface area contributed by atoms with E-state index in [0.29, 0.717) is 19.4 Å². The van der Waals surface area contributed by atoms with Gasteiger partial charge in [0.1, 0.15) is 5.41 Å². The third kappa shape index (κ3) is 3.16. The summed E-state index contributed by atoms with van der Waals surface area (Å²) in [7, 11) is 0. The van der Waals surface area contributed by atoms with Gasteiger partial charge in [-0.15, -0.1) is 0 Å². The molecule has 1 aliphatic heterocycles. The fourth-order valence-electron chi connectivity index (χ4n) is 2.61. The monoisotopic (exact) mass is 287 g/mol. The van der Waals surface area contributed by atoms with E-state index in [9.17, 15) is 4.79 Å². The van der Waals surface area contributed by atoms with Gasteiger partial charge in [0.2, 0.25) is 5.91 Å². The summed E-state index contributed by atoms with van der Waals surface area (Å²) in [6, 6.07) is 0. The van der Waals surface area contributed by atoms with Crippen molar-refractivity contribution in [2.45, 2.75) is 45.3 Å². The summed E-state index contributed by atoms with van der Waals surface area (Å²) in [5.74, 6) is 0.943. The molecule has 0 spiro atoms. The number of carbonyl (C=O) groups is 1. The highest BCUT2D eigenvalue weighted by Crippen LogP contribution is 2.35. The van der Waals surface area contributed by atoms with Crippen LogP contribution in [0.2, 0.25) is 0 Å². The summed E-state index contributed by atoms with van der Waals surface area (Å²) < 4.78 is 0.0618. The van der Waals surface area contributed by atoms with E-state index in [1.165, 1.54) is 0 Å². The minimum absolute atomic E-state index is 0.0128. The Morgan fingerprint density at radius 3 is 2.47 bits per heavy atom. The summed E-state index contributed by atoms with van der Waals surface area (Å²) in [4.78, 5) is 14.7. The van der Waals surface area contributed by atoms with Crippen LogP contribution in [0.1, 0.15) is 40.5 Å². The van der Waals surface area contributed by atoms with Crippen LogP contribution in [0.25, 0.3) is 0 Å². The van der Waals surface area contributed by atoms with Crippen LogP contribution in [0.4, 0.5) is 0 Å². The van der Waals surface area contributed by atoms with Crippen LogP contribution in [0.5, 0.6) is 0 Å². The van der Waals surface area contributed by atoms with Crippen molar-refractivity contribution in [2.24, 2.45) is 16.3 Å². The van der Waals surface area contributed by atoms with Crippen LogP contribution in [0.3, 0.4) is 0 Å². The number of nitrogens with two attached hydrogens (primary N) is 1. The molecule has 1 fully saturated rings. The van der Waals surface area contributed by atoms with Gasteiger partial charge in [0, 0.05) is 23.6 Å². The minimum atomic E-state index is -0.868. The summed E-state index contributed by atoms with van der Waals surface area (Å²) in [6.07, 6.45) is 1.09. The van der Waals surface area contributed by atoms with Crippen LogP contribution < -0.4 is 5.73 Å². The summed E-state index contributed by atoms with van der Waals surface area (Å²) in [5.41, 5.74) is 4.93. The largest absolute Gasteiger partial charge is 0.409 e. The predicted octanol–water partition coefficient (Wildman–Crippen LogP) is 1.89. The molecule has 1 heterocycles. The second-order valence-electron chi connectivity index (χ2n) is 5.61. The molecule has 0 saturated carbocycles. The molecule has 1 saturated heterocycles. The van der Waals surface area contributed by atoms with Crippen molar-refractivity contribution >= 4 is 23.5 Å². The molecule has 0 aromatic rings. The second-order valence-corrected chi connectivity index (χ2v) is 7.41. The smallest absolute Gasteiger partial charge is 0.236 e. The minimum Gasteiger partial charge on any atom is -0.409 e. The second kappa shape index (κ2) is 6.03. The number of hydrogen-bond donors (Lipinski definition) is 2. The maximum absolute atomic E-state index is 12.8. The Balaban J connectivity index is 3.01. The lowest BCUT2D eigenvalue weighted by molar-refractivity contribution is -0.139. The molecule has 3 N–H and O–H groups in total. The molecule has 6 heteroatoms. The van der Waals surface area contributed by atoms with Gasteiger partial charge in [0.15, 0.2) is 5.84 Å². The van der Waals surface area contributed by atoms with E-state index in [1.54, 1.807) is 0 Å². The Labute approximate surface area is 119 Å². The maximum atomic E-state index is 12.8. The molecule has 0 atom stereocenters. The van der Waals surface area contributed by atoms with Gasteiger partial charge in [0.25, 0.3) is 0 Å². The predicted molar refractivity (Wildman–Crippen MR) is 79.5 cm³/mol. The highest BCUT2D eigenvalue weighted by Gasteiger charge is 2.44. The first-order valence-electron chi connectivity index (χ1n) is 6.74. The molecule has 1 rings (SSSR count). The van der Waals surface area contributed by atoms with Crippen molar-refractivity contribution in [3.8, 4) is 0 Å². The summed E-state index contributed by atoms with van der Waals surface area (Å²) >= 11 is 1.88. The SMILES string of the molecule is CCC(CC)(C(=O)N1CCSC(C)(C)C1)C(N)=NO. The zero-order valence-electron chi connectivity index (χ0n) is 12.3. The van der Waals surface area contributed by atoms with Crippen LogP contribution in [0, 0.1) is 5.41 Å². The Morgan fingerprint density at radius 2 is 2.05 bits per heavy atom.